The van der Waals surface area contributed by atoms with Gasteiger partial charge in [-0.1, -0.05) is 13.8 Å². The van der Waals surface area contributed by atoms with Gasteiger partial charge in [0.05, 0.1) is 16.9 Å². The molecule has 14 heavy (non-hydrogen) atoms. The van der Waals surface area contributed by atoms with E-state index in [0.717, 1.165) is 0 Å². The van der Waals surface area contributed by atoms with Gasteiger partial charge in [-0.2, -0.15) is 0 Å². The number of carboxylic acid groups (broad SMARTS) is 1. The Hall–Kier alpha value is -0.580. The summed E-state index contributed by atoms with van der Waals surface area (Å²) >= 11 is 0. The van der Waals surface area contributed by atoms with Gasteiger partial charge in [0.15, 0.2) is 0 Å². The molecule has 0 atom stereocenters. The standard InChI is InChI=1S/C9H16O4S/c1-7(2)9(8(10)11)3-5-14(12,13)6-4-9/h7H,3-6H2,1-2H3,(H,10,11). The zero-order valence-corrected chi connectivity index (χ0v) is 9.30. The second kappa shape index (κ2) is 3.53. The minimum Gasteiger partial charge on any atom is -0.481 e. The van der Waals surface area contributed by atoms with E-state index in [4.69, 9.17) is 5.11 Å². The van der Waals surface area contributed by atoms with Crippen LogP contribution in [0.4, 0.5) is 0 Å². The van der Waals surface area contributed by atoms with Crippen LogP contribution >= 0.6 is 0 Å². The zero-order chi connectivity index (χ0) is 11.0. The average molecular weight is 220 g/mol. The Morgan fingerprint density at radius 1 is 1.29 bits per heavy atom. The Bertz CT molecular complexity index is 315. The van der Waals surface area contributed by atoms with Crippen molar-refractivity contribution in [3.63, 3.8) is 0 Å². The lowest BCUT2D eigenvalue weighted by atomic mass is 9.72. The molecular formula is C9H16O4S. The molecule has 1 N–H and O–H groups in total. The van der Waals surface area contributed by atoms with Crippen LogP contribution in [0.5, 0.6) is 0 Å². The van der Waals surface area contributed by atoms with Gasteiger partial charge in [-0.15, -0.1) is 0 Å². The van der Waals surface area contributed by atoms with E-state index in [1.807, 2.05) is 13.8 Å². The predicted octanol–water partition coefficient (Wildman–Crippen LogP) is 0.922. The quantitative estimate of drug-likeness (QED) is 0.751. The fourth-order valence-corrected chi connectivity index (χ4v) is 3.50. The number of sulfone groups is 1. The zero-order valence-electron chi connectivity index (χ0n) is 8.49. The third-order valence-corrected chi connectivity index (χ3v) is 4.90. The fourth-order valence-electron chi connectivity index (χ4n) is 1.94. The first-order valence-electron chi connectivity index (χ1n) is 4.74. The van der Waals surface area contributed by atoms with E-state index < -0.39 is 21.2 Å². The van der Waals surface area contributed by atoms with Crippen molar-refractivity contribution in [3.8, 4) is 0 Å². The summed E-state index contributed by atoms with van der Waals surface area (Å²) in [6.07, 6.45) is 0.505. The Balaban J connectivity index is 2.91. The summed E-state index contributed by atoms with van der Waals surface area (Å²) in [4.78, 5) is 11.1. The molecule has 0 aliphatic carbocycles. The smallest absolute Gasteiger partial charge is 0.309 e. The molecule has 0 aromatic rings. The molecule has 1 fully saturated rings. The van der Waals surface area contributed by atoms with Crippen molar-refractivity contribution >= 4 is 15.8 Å². The van der Waals surface area contributed by atoms with Gasteiger partial charge in [-0.3, -0.25) is 4.79 Å². The maximum Gasteiger partial charge on any atom is 0.309 e. The third-order valence-electron chi connectivity index (χ3n) is 3.25. The van der Waals surface area contributed by atoms with Gasteiger partial charge in [-0.05, 0) is 18.8 Å². The maximum absolute atomic E-state index is 11.2. The molecule has 0 radical (unpaired) electrons. The highest BCUT2D eigenvalue weighted by Gasteiger charge is 2.45. The summed E-state index contributed by atoms with van der Waals surface area (Å²) in [7, 11) is -2.98. The van der Waals surface area contributed by atoms with Crippen molar-refractivity contribution in [1.29, 1.82) is 0 Å². The molecule has 0 saturated carbocycles. The fraction of sp³-hybridized carbons (Fsp3) is 0.889. The molecule has 1 rings (SSSR count). The molecule has 82 valence electrons. The van der Waals surface area contributed by atoms with Gasteiger partial charge in [-0.25, -0.2) is 8.42 Å². The third kappa shape index (κ3) is 1.92. The van der Waals surface area contributed by atoms with Gasteiger partial charge in [0, 0.05) is 0 Å². The number of carbonyl (C=O) groups is 1. The van der Waals surface area contributed by atoms with Crippen LogP contribution < -0.4 is 0 Å². The first-order chi connectivity index (χ1) is 6.30. The molecule has 0 aromatic carbocycles. The molecular weight excluding hydrogens is 204 g/mol. The topological polar surface area (TPSA) is 71.4 Å². The highest BCUT2D eigenvalue weighted by Crippen LogP contribution is 2.39. The van der Waals surface area contributed by atoms with Crippen LogP contribution in [0.15, 0.2) is 0 Å². The highest BCUT2D eigenvalue weighted by atomic mass is 32.2. The minimum absolute atomic E-state index is 0.0114. The van der Waals surface area contributed by atoms with E-state index in [1.54, 1.807) is 0 Å². The first kappa shape index (κ1) is 11.5. The molecule has 0 spiro atoms. The van der Waals surface area contributed by atoms with Crippen molar-refractivity contribution in [3.05, 3.63) is 0 Å². The number of hydrogen-bond donors (Lipinski definition) is 1. The molecule has 0 aromatic heterocycles. The lowest BCUT2D eigenvalue weighted by Gasteiger charge is -2.36. The second-order valence-electron chi connectivity index (χ2n) is 4.27. The first-order valence-corrected chi connectivity index (χ1v) is 6.56. The van der Waals surface area contributed by atoms with Crippen LogP contribution in [0.1, 0.15) is 26.7 Å². The molecule has 0 bridgehead atoms. The van der Waals surface area contributed by atoms with Gasteiger partial charge in [0.25, 0.3) is 0 Å². The number of carboxylic acids is 1. The summed E-state index contributed by atoms with van der Waals surface area (Å²) in [6, 6.07) is 0. The van der Waals surface area contributed by atoms with Crippen molar-refractivity contribution in [2.75, 3.05) is 11.5 Å². The van der Waals surface area contributed by atoms with Crippen molar-refractivity contribution in [1.82, 2.24) is 0 Å². The number of hydrogen-bond acceptors (Lipinski definition) is 3. The maximum atomic E-state index is 11.2. The minimum atomic E-state index is -2.98. The second-order valence-corrected chi connectivity index (χ2v) is 6.57. The van der Waals surface area contributed by atoms with Crippen molar-refractivity contribution < 1.29 is 18.3 Å². The molecule has 5 heteroatoms. The largest absolute Gasteiger partial charge is 0.481 e. The van der Waals surface area contributed by atoms with Crippen LogP contribution in [0.2, 0.25) is 0 Å². The van der Waals surface area contributed by atoms with E-state index in [-0.39, 0.29) is 30.3 Å². The molecule has 0 amide bonds. The predicted molar refractivity (Wildman–Crippen MR) is 52.8 cm³/mol. The van der Waals surface area contributed by atoms with Crippen LogP contribution in [0.25, 0.3) is 0 Å². The normalized spacial score (nSPS) is 24.8. The average Bonchev–Trinajstić information content (AvgIpc) is 2.03. The Labute approximate surface area is 84.2 Å². The summed E-state index contributed by atoms with van der Waals surface area (Å²) in [6.45, 7) is 3.68. The molecule has 0 unspecified atom stereocenters. The summed E-state index contributed by atoms with van der Waals surface area (Å²) in [5.74, 6) is -0.854. The van der Waals surface area contributed by atoms with Gasteiger partial charge in [0.2, 0.25) is 0 Å². The lowest BCUT2D eigenvalue weighted by molar-refractivity contribution is -0.152. The SMILES string of the molecule is CC(C)C1(C(=O)O)CCS(=O)(=O)CC1. The number of rotatable bonds is 2. The van der Waals surface area contributed by atoms with Crippen molar-refractivity contribution in [2.45, 2.75) is 26.7 Å². The van der Waals surface area contributed by atoms with Gasteiger partial charge < -0.3 is 5.11 Å². The van der Waals surface area contributed by atoms with E-state index in [1.165, 1.54) is 0 Å². The molecule has 1 saturated heterocycles. The Morgan fingerprint density at radius 2 is 1.71 bits per heavy atom. The summed E-state index contributed by atoms with van der Waals surface area (Å²) < 4.78 is 22.4. The van der Waals surface area contributed by atoms with E-state index in [2.05, 4.69) is 0 Å². The number of aliphatic carboxylic acids is 1. The molecule has 1 heterocycles. The van der Waals surface area contributed by atoms with Gasteiger partial charge in [0.1, 0.15) is 9.84 Å². The van der Waals surface area contributed by atoms with Crippen molar-refractivity contribution in [2.24, 2.45) is 11.3 Å². The van der Waals surface area contributed by atoms with E-state index in [9.17, 15) is 13.2 Å². The van der Waals surface area contributed by atoms with E-state index in [0.29, 0.717) is 0 Å². The van der Waals surface area contributed by atoms with Gasteiger partial charge >= 0.3 is 5.97 Å². The van der Waals surface area contributed by atoms with Crippen LogP contribution in [-0.4, -0.2) is 31.0 Å². The molecule has 4 nitrogen and oxygen atoms in total. The Morgan fingerprint density at radius 3 is 2.00 bits per heavy atom. The lowest BCUT2D eigenvalue weighted by Crippen LogP contribution is -2.43. The summed E-state index contributed by atoms with van der Waals surface area (Å²) in [5, 5.41) is 9.13. The summed E-state index contributed by atoms with van der Waals surface area (Å²) in [5.41, 5.74) is -0.828. The molecule has 1 aliphatic rings. The Kier molecular flexibility index (Phi) is 2.90. The highest BCUT2D eigenvalue weighted by molar-refractivity contribution is 7.91. The monoisotopic (exact) mass is 220 g/mol. The van der Waals surface area contributed by atoms with Crippen LogP contribution in [-0.2, 0) is 14.6 Å². The molecule has 1 aliphatic heterocycles. The van der Waals surface area contributed by atoms with E-state index >= 15 is 0 Å². The van der Waals surface area contributed by atoms with Crippen LogP contribution in [0, 0.1) is 11.3 Å². The van der Waals surface area contributed by atoms with Crippen LogP contribution in [0.3, 0.4) is 0 Å².